The lowest BCUT2D eigenvalue weighted by molar-refractivity contribution is -0.121. The summed E-state index contributed by atoms with van der Waals surface area (Å²) in [7, 11) is 0. The normalized spacial score (nSPS) is 16.4. The summed E-state index contributed by atoms with van der Waals surface area (Å²) in [5.41, 5.74) is 1.22. The zero-order chi connectivity index (χ0) is 20.1. The highest BCUT2D eigenvalue weighted by atomic mass is 79.9. The molecule has 0 spiro atoms. The molecule has 1 saturated heterocycles. The van der Waals surface area contributed by atoms with E-state index in [0.717, 1.165) is 36.1 Å². The van der Waals surface area contributed by atoms with Crippen molar-refractivity contribution >= 4 is 33.4 Å². The highest BCUT2D eigenvalue weighted by Crippen LogP contribution is 2.17. The zero-order valence-corrected chi connectivity index (χ0v) is 17.2. The Morgan fingerprint density at radius 1 is 1.07 bits per heavy atom. The Bertz CT molecular complexity index is 819. The first-order valence-electron chi connectivity index (χ1n) is 9.29. The van der Waals surface area contributed by atoms with Crippen molar-refractivity contribution in [2.45, 2.75) is 31.8 Å². The molecule has 2 aromatic rings. The number of benzene rings is 2. The van der Waals surface area contributed by atoms with E-state index in [1.807, 2.05) is 31.2 Å². The number of anilines is 1. The molecule has 1 aliphatic rings. The van der Waals surface area contributed by atoms with Gasteiger partial charge in [-0.15, -0.1) is 0 Å². The van der Waals surface area contributed by atoms with Gasteiger partial charge in [-0.3, -0.25) is 14.5 Å². The number of piperidine rings is 1. The van der Waals surface area contributed by atoms with Crippen LogP contribution in [0.2, 0.25) is 0 Å². The Balaban J connectivity index is 1.47. The van der Waals surface area contributed by atoms with E-state index in [-0.39, 0.29) is 29.7 Å². The van der Waals surface area contributed by atoms with Crippen LogP contribution in [0, 0.1) is 5.82 Å². The fraction of sp³-hybridized carbons (Fsp3) is 0.333. The largest absolute Gasteiger partial charge is 0.349 e. The summed E-state index contributed by atoms with van der Waals surface area (Å²) in [6.07, 6.45) is 1.53. The van der Waals surface area contributed by atoms with Crippen LogP contribution in [0.15, 0.2) is 53.0 Å². The predicted molar refractivity (Wildman–Crippen MR) is 111 cm³/mol. The molecule has 2 N–H and O–H groups in total. The van der Waals surface area contributed by atoms with Crippen molar-refractivity contribution in [1.82, 2.24) is 10.2 Å². The molecule has 0 saturated carbocycles. The van der Waals surface area contributed by atoms with Crippen LogP contribution in [0.5, 0.6) is 0 Å². The Morgan fingerprint density at radius 2 is 1.68 bits per heavy atom. The van der Waals surface area contributed by atoms with Crippen LogP contribution in [-0.4, -0.2) is 41.9 Å². The van der Waals surface area contributed by atoms with Gasteiger partial charge in [0.15, 0.2) is 0 Å². The first kappa shape index (κ1) is 20.5. The Kier molecular flexibility index (Phi) is 6.80. The Labute approximate surface area is 172 Å². The molecule has 2 aromatic carbocycles. The van der Waals surface area contributed by atoms with Crippen molar-refractivity contribution in [3.8, 4) is 0 Å². The number of amides is 2. The lowest BCUT2D eigenvalue weighted by Gasteiger charge is -2.35. The summed E-state index contributed by atoms with van der Waals surface area (Å²) in [4.78, 5) is 26.9. The minimum atomic E-state index is -0.361. The van der Waals surface area contributed by atoms with Crippen LogP contribution >= 0.6 is 15.9 Å². The number of carbonyl (C=O) groups excluding carboxylic acids is 2. The molecule has 148 valence electrons. The van der Waals surface area contributed by atoms with Crippen LogP contribution in [0.25, 0.3) is 0 Å². The molecule has 5 nitrogen and oxygen atoms in total. The molecule has 0 radical (unpaired) electrons. The molecule has 1 atom stereocenters. The number of halogens is 2. The minimum absolute atomic E-state index is 0.0453. The maximum Gasteiger partial charge on any atom is 0.251 e. The number of rotatable bonds is 5. The van der Waals surface area contributed by atoms with Gasteiger partial charge >= 0.3 is 0 Å². The maximum atomic E-state index is 13.0. The third-order valence-electron chi connectivity index (χ3n) is 5.01. The van der Waals surface area contributed by atoms with Crippen LogP contribution in [0.4, 0.5) is 10.1 Å². The fourth-order valence-corrected chi connectivity index (χ4v) is 3.51. The van der Waals surface area contributed by atoms with Crippen molar-refractivity contribution in [3.63, 3.8) is 0 Å². The summed E-state index contributed by atoms with van der Waals surface area (Å²) in [5.74, 6) is -0.601. The van der Waals surface area contributed by atoms with Crippen molar-refractivity contribution in [2.24, 2.45) is 0 Å². The number of likely N-dealkylation sites (tertiary alicyclic amines) is 1. The quantitative estimate of drug-likeness (QED) is 0.732. The highest BCUT2D eigenvalue weighted by Gasteiger charge is 2.27. The zero-order valence-electron chi connectivity index (χ0n) is 15.6. The molecular formula is C21H23BrFN3O2. The number of nitrogens with zero attached hydrogens (tertiary/aromatic N) is 1. The smallest absolute Gasteiger partial charge is 0.251 e. The summed E-state index contributed by atoms with van der Waals surface area (Å²) >= 11 is 3.38. The lowest BCUT2D eigenvalue weighted by Crippen LogP contribution is -2.50. The van der Waals surface area contributed by atoms with Crippen molar-refractivity contribution in [1.29, 1.82) is 0 Å². The van der Waals surface area contributed by atoms with Gasteiger partial charge in [0.05, 0.1) is 6.04 Å². The molecule has 28 heavy (non-hydrogen) atoms. The summed E-state index contributed by atoms with van der Waals surface area (Å²) in [6.45, 7) is 3.35. The molecule has 2 amide bonds. The van der Waals surface area contributed by atoms with Gasteiger partial charge in [0.1, 0.15) is 5.82 Å². The van der Waals surface area contributed by atoms with Gasteiger partial charge < -0.3 is 10.6 Å². The van der Waals surface area contributed by atoms with E-state index in [1.165, 1.54) is 24.3 Å². The molecular weight excluding hydrogens is 425 g/mol. The van der Waals surface area contributed by atoms with Crippen LogP contribution in [-0.2, 0) is 4.79 Å². The van der Waals surface area contributed by atoms with E-state index >= 15 is 0 Å². The van der Waals surface area contributed by atoms with Crippen LogP contribution < -0.4 is 10.6 Å². The second-order valence-corrected chi connectivity index (χ2v) is 7.88. The lowest BCUT2D eigenvalue weighted by atomic mass is 10.0. The monoisotopic (exact) mass is 447 g/mol. The van der Waals surface area contributed by atoms with E-state index in [1.54, 1.807) is 0 Å². The highest BCUT2D eigenvalue weighted by molar-refractivity contribution is 9.10. The third kappa shape index (κ3) is 5.39. The summed E-state index contributed by atoms with van der Waals surface area (Å²) < 4.78 is 13.9. The van der Waals surface area contributed by atoms with Gasteiger partial charge in [0, 0.05) is 34.9 Å². The summed E-state index contributed by atoms with van der Waals surface area (Å²) in [5, 5.41) is 5.93. The van der Waals surface area contributed by atoms with E-state index in [0.29, 0.717) is 5.56 Å². The SMILES string of the molecule is CC(C(=O)Nc1ccc(Br)cc1)N1CCC(NC(=O)c2ccc(F)cc2)CC1. The van der Waals surface area contributed by atoms with Gasteiger partial charge in [0.25, 0.3) is 5.91 Å². The molecule has 1 fully saturated rings. The molecule has 0 bridgehead atoms. The predicted octanol–water partition coefficient (Wildman–Crippen LogP) is 3.81. The van der Waals surface area contributed by atoms with Gasteiger partial charge in [-0.25, -0.2) is 4.39 Å². The summed E-state index contributed by atoms with van der Waals surface area (Å²) in [6, 6.07) is 12.8. The van der Waals surface area contributed by atoms with Gasteiger partial charge in [-0.1, -0.05) is 15.9 Å². The molecule has 3 rings (SSSR count). The molecule has 0 aromatic heterocycles. The van der Waals surface area contributed by atoms with Crippen molar-refractivity contribution < 1.29 is 14.0 Å². The number of carbonyl (C=O) groups is 2. The number of hydrogen-bond donors (Lipinski definition) is 2. The van der Waals surface area contributed by atoms with E-state index in [2.05, 4.69) is 31.5 Å². The first-order valence-corrected chi connectivity index (χ1v) is 10.1. The van der Waals surface area contributed by atoms with E-state index in [9.17, 15) is 14.0 Å². The number of hydrogen-bond acceptors (Lipinski definition) is 3. The third-order valence-corrected chi connectivity index (χ3v) is 5.54. The average Bonchev–Trinajstić information content (AvgIpc) is 2.70. The first-order chi connectivity index (χ1) is 13.4. The molecule has 1 aliphatic heterocycles. The van der Waals surface area contributed by atoms with E-state index < -0.39 is 0 Å². The molecule has 1 heterocycles. The molecule has 1 unspecified atom stereocenters. The Hall–Kier alpha value is -2.25. The van der Waals surface area contributed by atoms with Crippen molar-refractivity contribution in [2.75, 3.05) is 18.4 Å². The van der Waals surface area contributed by atoms with E-state index in [4.69, 9.17) is 0 Å². The average molecular weight is 448 g/mol. The topological polar surface area (TPSA) is 61.4 Å². The molecule has 7 heteroatoms. The van der Waals surface area contributed by atoms with Gasteiger partial charge in [-0.2, -0.15) is 0 Å². The van der Waals surface area contributed by atoms with Gasteiger partial charge in [-0.05, 0) is 68.3 Å². The fourth-order valence-electron chi connectivity index (χ4n) is 3.25. The van der Waals surface area contributed by atoms with Crippen molar-refractivity contribution in [3.05, 3.63) is 64.4 Å². The molecule has 0 aliphatic carbocycles. The standard InChI is InChI=1S/C21H23BrFN3O2/c1-14(20(27)24-18-8-4-16(22)5-9-18)26-12-10-19(11-13-26)25-21(28)15-2-6-17(23)7-3-15/h2-9,14,19H,10-13H2,1H3,(H,24,27)(H,25,28). The Morgan fingerprint density at radius 3 is 2.29 bits per heavy atom. The minimum Gasteiger partial charge on any atom is -0.349 e. The van der Waals surface area contributed by atoms with Crippen LogP contribution in [0.3, 0.4) is 0 Å². The van der Waals surface area contributed by atoms with Crippen LogP contribution in [0.1, 0.15) is 30.1 Å². The number of nitrogens with one attached hydrogen (secondary N) is 2. The maximum absolute atomic E-state index is 13.0. The second-order valence-electron chi connectivity index (χ2n) is 6.96. The van der Waals surface area contributed by atoms with Gasteiger partial charge in [0.2, 0.25) is 5.91 Å². The second kappa shape index (κ2) is 9.30.